The molecule has 4 N–H and O–H groups in total. The lowest BCUT2D eigenvalue weighted by molar-refractivity contribution is -0.159. The summed E-state index contributed by atoms with van der Waals surface area (Å²) in [4.78, 5) is 7.33. The molecule has 0 aliphatic rings. The van der Waals surface area contributed by atoms with E-state index in [1.807, 2.05) is 7.05 Å². The molecule has 11 heteroatoms. The Morgan fingerprint density at radius 2 is 2.00 bits per heavy atom. The van der Waals surface area contributed by atoms with Crippen molar-refractivity contribution in [2.45, 2.75) is 12.7 Å². The van der Waals surface area contributed by atoms with E-state index in [2.05, 4.69) is 19.6 Å². The molecule has 0 spiro atoms. The molecule has 0 bridgehead atoms. The topological polar surface area (TPSA) is 112 Å². The largest absolute Gasteiger partial charge is 0.471 e. The Morgan fingerprint density at radius 1 is 1.30 bits per heavy atom. The lowest BCUT2D eigenvalue weighted by Gasteiger charge is -2.15. The van der Waals surface area contributed by atoms with Crippen LogP contribution in [0.1, 0.15) is 17.1 Å². The molecule has 0 aliphatic heterocycles. The third-order valence-corrected chi connectivity index (χ3v) is 3.66. The fraction of sp³-hybridized carbons (Fsp3) is 0.188. The predicted molar refractivity (Wildman–Crippen MR) is 89.8 cm³/mol. The molecule has 27 heavy (non-hydrogen) atoms. The van der Waals surface area contributed by atoms with Gasteiger partial charge < -0.3 is 19.8 Å². The number of nitrogens with zero attached hydrogens (tertiary/aromatic N) is 5. The minimum Gasteiger partial charge on any atom is -0.396 e. The second-order valence-electron chi connectivity index (χ2n) is 5.76. The minimum atomic E-state index is -4.68. The maximum absolute atomic E-state index is 12.5. The van der Waals surface area contributed by atoms with E-state index in [1.54, 1.807) is 47.6 Å². The van der Waals surface area contributed by atoms with E-state index in [0.717, 1.165) is 11.3 Å². The zero-order valence-corrected chi connectivity index (χ0v) is 14.2. The Morgan fingerprint density at radius 3 is 2.56 bits per heavy atom. The average Bonchev–Trinajstić information content (AvgIpc) is 3.24. The van der Waals surface area contributed by atoms with Crippen molar-refractivity contribution < 1.29 is 17.7 Å². The quantitative estimate of drug-likeness (QED) is 0.516. The van der Waals surface area contributed by atoms with Gasteiger partial charge in [0.05, 0.1) is 30.5 Å². The number of hydrazine groups is 1. The first-order valence-corrected chi connectivity index (χ1v) is 7.69. The summed E-state index contributed by atoms with van der Waals surface area (Å²) >= 11 is 0. The average molecular weight is 379 g/mol. The van der Waals surface area contributed by atoms with Crippen LogP contribution in [-0.2, 0) is 19.8 Å². The molecule has 0 radical (unpaired) electrons. The molecule has 3 rings (SSSR count). The Balaban J connectivity index is 1.69. The van der Waals surface area contributed by atoms with Gasteiger partial charge in [-0.1, -0.05) is 29.4 Å². The highest BCUT2D eigenvalue weighted by molar-refractivity contribution is 5.58. The van der Waals surface area contributed by atoms with Crippen molar-refractivity contribution in [3.05, 3.63) is 60.1 Å². The summed E-state index contributed by atoms with van der Waals surface area (Å²) in [5.41, 5.74) is 8.37. The van der Waals surface area contributed by atoms with Gasteiger partial charge in [0.15, 0.2) is 0 Å². The van der Waals surface area contributed by atoms with Crippen LogP contribution < -0.4 is 11.6 Å². The highest BCUT2D eigenvalue weighted by Gasteiger charge is 2.38. The van der Waals surface area contributed by atoms with Crippen molar-refractivity contribution in [2.24, 2.45) is 18.6 Å². The zero-order chi connectivity index (χ0) is 19.6. The number of aryl methyl sites for hydroxylation is 1. The number of nitrogens with two attached hydrogens (primary N) is 2. The van der Waals surface area contributed by atoms with Crippen molar-refractivity contribution in [3.8, 4) is 11.4 Å². The molecule has 0 aliphatic carbocycles. The van der Waals surface area contributed by atoms with Crippen molar-refractivity contribution in [1.29, 1.82) is 0 Å². The number of rotatable bonds is 5. The monoisotopic (exact) mass is 379 g/mol. The summed E-state index contributed by atoms with van der Waals surface area (Å²) in [6.45, 7) is 0.332. The van der Waals surface area contributed by atoms with E-state index >= 15 is 0 Å². The molecule has 0 saturated heterocycles. The number of halogens is 3. The first-order chi connectivity index (χ1) is 12.7. The molecule has 1 aromatic carbocycles. The molecule has 0 saturated carbocycles. The van der Waals surface area contributed by atoms with Gasteiger partial charge in [0, 0.05) is 18.8 Å². The first kappa shape index (κ1) is 18.5. The van der Waals surface area contributed by atoms with E-state index in [1.165, 1.54) is 5.01 Å². The maximum atomic E-state index is 12.5. The Bertz CT molecular complexity index is 944. The van der Waals surface area contributed by atoms with Gasteiger partial charge in [-0.3, -0.25) is 0 Å². The molecule has 3 aromatic rings. The van der Waals surface area contributed by atoms with Crippen LogP contribution in [0.3, 0.4) is 0 Å². The maximum Gasteiger partial charge on any atom is 0.471 e. The number of alkyl halides is 3. The van der Waals surface area contributed by atoms with Crippen molar-refractivity contribution >= 4 is 5.70 Å². The van der Waals surface area contributed by atoms with E-state index in [0.29, 0.717) is 17.8 Å². The Hall–Kier alpha value is -3.34. The zero-order valence-electron chi connectivity index (χ0n) is 14.2. The SMILES string of the molecule is Cn1cncc1/C(N)=C/N(N)Cc1ccc(-c2noc(C(F)(F)F)n2)cc1. The summed E-state index contributed by atoms with van der Waals surface area (Å²) in [5.74, 6) is 4.42. The number of benzene rings is 1. The number of imidazole rings is 1. The van der Waals surface area contributed by atoms with E-state index < -0.39 is 12.1 Å². The van der Waals surface area contributed by atoms with Gasteiger partial charge in [-0.2, -0.15) is 18.2 Å². The van der Waals surface area contributed by atoms with Crippen LogP contribution in [-0.4, -0.2) is 24.7 Å². The van der Waals surface area contributed by atoms with E-state index in [9.17, 15) is 13.2 Å². The van der Waals surface area contributed by atoms with Gasteiger partial charge >= 0.3 is 12.1 Å². The van der Waals surface area contributed by atoms with Crippen molar-refractivity contribution in [2.75, 3.05) is 0 Å². The molecule has 8 nitrogen and oxygen atoms in total. The van der Waals surface area contributed by atoms with E-state index in [4.69, 9.17) is 11.6 Å². The number of aromatic nitrogens is 4. The van der Waals surface area contributed by atoms with Gasteiger partial charge in [0.25, 0.3) is 0 Å². The molecule has 0 fully saturated rings. The number of hydrogen-bond donors (Lipinski definition) is 2. The normalized spacial score (nSPS) is 12.4. The molecule has 2 heterocycles. The fourth-order valence-electron chi connectivity index (χ4n) is 2.35. The first-order valence-electron chi connectivity index (χ1n) is 7.69. The van der Waals surface area contributed by atoms with Gasteiger partial charge in [-0.15, -0.1) is 0 Å². The predicted octanol–water partition coefficient (Wildman–Crippen LogP) is 2.12. The van der Waals surface area contributed by atoms with Crippen LogP contribution in [0.2, 0.25) is 0 Å². The second-order valence-corrected chi connectivity index (χ2v) is 5.76. The third-order valence-electron chi connectivity index (χ3n) is 3.66. The van der Waals surface area contributed by atoms with Gasteiger partial charge in [-0.25, -0.2) is 10.8 Å². The molecule has 0 atom stereocenters. The summed E-state index contributed by atoms with van der Waals surface area (Å²) in [7, 11) is 1.81. The number of hydrogen-bond acceptors (Lipinski definition) is 7. The van der Waals surface area contributed by atoms with Crippen LogP contribution in [0, 0.1) is 0 Å². The van der Waals surface area contributed by atoms with E-state index in [-0.39, 0.29) is 5.82 Å². The van der Waals surface area contributed by atoms with Crippen molar-refractivity contribution in [1.82, 2.24) is 24.7 Å². The molecular formula is C16H16F3N7O. The lowest BCUT2D eigenvalue weighted by Crippen LogP contribution is -2.25. The van der Waals surface area contributed by atoms with Crippen LogP contribution in [0.15, 0.2) is 47.5 Å². The Labute approximate surface area is 151 Å². The minimum absolute atomic E-state index is 0.140. The summed E-state index contributed by atoms with van der Waals surface area (Å²) in [6.07, 6.45) is 0.136. The molecule has 0 unspecified atom stereocenters. The molecule has 142 valence electrons. The summed E-state index contributed by atoms with van der Waals surface area (Å²) < 4.78 is 43.5. The summed E-state index contributed by atoms with van der Waals surface area (Å²) in [5, 5.41) is 4.74. The fourth-order valence-corrected chi connectivity index (χ4v) is 2.35. The van der Waals surface area contributed by atoms with Crippen LogP contribution in [0.4, 0.5) is 13.2 Å². The summed E-state index contributed by atoms with van der Waals surface area (Å²) in [6, 6.07) is 6.57. The van der Waals surface area contributed by atoms with Gasteiger partial charge in [-0.05, 0) is 5.56 Å². The van der Waals surface area contributed by atoms with Gasteiger partial charge in [0.2, 0.25) is 5.82 Å². The molecular weight excluding hydrogens is 363 g/mol. The third kappa shape index (κ3) is 4.26. The second kappa shape index (κ2) is 7.11. The highest BCUT2D eigenvalue weighted by atomic mass is 19.4. The lowest BCUT2D eigenvalue weighted by atomic mass is 10.1. The highest BCUT2D eigenvalue weighted by Crippen LogP contribution is 2.29. The van der Waals surface area contributed by atoms with Crippen molar-refractivity contribution in [3.63, 3.8) is 0 Å². The Kier molecular flexibility index (Phi) is 4.86. The molecule has 0 amide bonds. The van der Waals surface area contributed by atoms with Crippen LogP contribution in [0.5, 0.6) is 0 Å². The van der Waals surface area contributed by atoms with Crippen LogP contribution in [0.25, 0.3) is 17.1 Å². The smallest absolute Gasteiger partial charge is 0.396 e. The standard InChI is InChI=1S/C16H16F3N7O/c1-25-9-22-6-13(25)12(20)8-26(21)7-10-2-4-11(5-3-10)14-23-15(27-24-14)16(17,18)19/h2-6,8-9H,7,20-21H2,1H3/b12-8-. The molecule has 2 aromatic heterocycles. The van der Waals surface area contributed by atoms with Gasteiger partial charge in [0.1, 0.15) is 0 Å². The van der Waals surface area contributed by atoms with Crippen LogP contribution >= 0.6 is 0 Å².